The van der Waals surface area contributed by atoms with Crippen molar-refractivity contribution in [3.8, 4) is 11.5 Å². The number of benzene rings is 1. The summed E-state index contributed by atoms with van der Waals surface area (Å²) in [7, 11) is -3.36. The maximum atomic E-state index is 12.4. The van der Waals surface area contributed by atoms with Crippen LogP contribution in [-0.4, -0.2) is 18.6 Å². The average molecular weight is 348 g/mol. The zero-order chi connectivity index (χ0) is 16.4. The Hall–Kier alpha value is -1.99. The molecule has 0 amide bonds. The standard InChI is InChI=1S/C16H16N2O3S2/c1-11-5-12(2)7-13(6-11)9-23(19,20)10-15-17-16(21-18-15)14-3-4-22-8-14/h3-8H,9-10H2,1-2H3. The molecule has 120 valence electrons. The second-order valence-corrected chi connectivity index (χ2v) is 8.40. The topological polar surface area (TPSA) is 73.1 Å². The molecule has 0 radical (unpaired) electrons. The van der Waals surface area contributed by atoms with Gasteiger partial charge in [0.1, 0.15) is 5.75 Å². The minimum atomic E-state index is -3.36. The third kappa shape index (κ3) is 4.05. The summed E-state index contributed by atoms with van der Waals surface area (Å²) in [4.78, 5) is 4.16. The van der Waals surface area contributed by atoms with E-state index in [2.05, 4.69) is 10.1 Å². The fraction of sp³-hybridized carbons (Fsp3) is 0.250. The van der Waals surface area contributed by atoms with Gasteiger partial charge in [-0.3, -0.25) is 0 Å². The molecule has 23 heavy (non-hydrogen) atoms. The molecule has 3 aromatic rings. The lowest BCUT2D eigenvalue weighted by Crippen LogP contribution is -2.09. The van der Waals surface area contributed by atoms with E-state index in [9.17, 15) is 8.42 Å². The van der Waals surface area contributed by atoms with E-state index in [1.54, 1.807) is 0 Å². The summed E-state index contributed by atoms with van der Waals surface area (Å²) in [6, 6.07) is 7.64. The second kappa shape index (κ2) is 6.25. The first-order chi connectivity index (χ1) is 10.9. The van der Waals surface area contributed by atoms with Gasteiger partial charge in [-0.25, -0.2) is 8.42 Å². The van der Waals surface area contributed by atoms with Crippen LogP contribution < -0.4 is 0 Å². The number of hydrogen-bond acceptors (Lipinski definition) is 6. The third-order valence-electron chi connectivity index (χ3n) is 3.25. The van der Waals surface area contributed by atoms with Crippen LogP contribution >= 0.6 is 11.3 Å². The molecule has 0 atom stereocenters. The monoisotopic (exact) mass is 348 g/mol. The Bertz CT molecular complexity index is 892. The van der Waals surface area contributed by atoms with E-state index in [1.165, 1.54) is 11.3 Å². The van der Waals surface area contributed by atoms with E-state index in [0.717, 1.165) is 22.3 Å². The number of nitrogens with zero attached hydrogens (tertiary/aromatic N) is 2. The highest BCUT2D eigenvalue weighted by Crippen LogP contribution is 2.21. The quantitative estimate of drug-likeness (QED) is 0.705. The lowest BCUT2D eigenvalue weighted by atomic mass is 10.1. The number of aryl methyl sites for hydroxylation is 2. The Morgan fingerprint density at radius 2 is 1.87 bits per heavy atom. The molecule has 0 bridgehead atoms. The molecular formula is C16H16N2O3S2. The Morgan fingerprint density at radius 1 is 1.13 bits per heavy atom. The van der Waals surface area contributed by atoms with Crippen LogP contribution in [0.15, 0.2) is 39.5 Å². The van der Waals surface area contributed by atoms with Crippen LogP contribution in [0.5, 0.6) is 0 Å². The summed E-state index contributed by atoms with van der Waals surface area (Å²) >= 11 is 1.52. The number of sulfone groups is 1. The molecule has 0 saturated carbocycles. The van der Waals surface area contributed by atoms with Gasteiger partial charge < -0.3 is 4.52 Å². The van der Waals surface area contributed by atoms with Gasteiger partial charge in [-0.1, -0.05) is 34.5 Å². The highest BCUT2D eigenvalue weighted by Gasteiger charge is 2.18. The predicted octanol–water partition coefficient (Wildman–Crippen LogP) is 3.53. The van der Waals surface area contributed by atoms with Gasteiger partial charge in [-0.15, -0.1) is 0 Å². The van der Waals surface area contributed by atoms with Crippen LogP contribution in [0.25, 0.3) is 11.5 Å². The summed E-state index contributed by atoms with van der Waals surface area (Å²) in [6.45, 7) is 3.91. The summed E-state index contributed by atoms with van der Waals surface area (Å²) in [5.41, 5.74) is 3.69. The molecule has 0 spiro atoms. The van der Waals surface area contributed by atoms with Gasteiger partial charge in [0.15, 0.2) is 15.7 Å². The highest BCUT2D eigenvalue weighted by molar-refractivity contribution is 7.89. The molecular weight excluding hydrogens is 332 g/mol. The van der Waals surface area contributed by atoms with Crippen molar-refractivity contribution in [2.75, 3.05) is 0 Å². The average Bonchev–Trinajstić information content (AvgIpc) is 3.06. The Balaban J connectivity index is 1.76. The van der Waals surface area contributed by atoms with Crippen LogP contribution in [0.1, 0.15) is 22.5 Å². The van der Waals surface area contributed by atoms with Crippen molar-refractivity contribution in [2.24, 2.45) is 0 Å². The summed E-state index contributed by atoms with van der Waals surface area (Å²) in [5, 5.41) is 7.55. The molecule has 2 heterocycles. The van der Waals surface area contributed by atoms with E-state index in [0.29, 0.717) is 5.89 Å². The molecule has 1 aromatic carbocycles. The van der Waals surface area contributed by atoms with Crippen molar-refractivity contribution in [2.45, 2.75) is 25.4 Å². The zero-order valence-corrected chi connectivity index (χ0v) is 14.4. The lowest BCUT2D eigenvalue weighted by molar-refractivity contribution is 0.424. The largest absolute Gasteiger partial charge is 0.334 e. The fourth-order valence-corrected chi connectivity index (χ4v) is 4.39. The van der Waals surface area contributed by atoms with E-state index in [-0.39, 0.29) is 17.3 Å². The summed E-state index contributed by atoms with van der Waals surface area (Å²) in [6.07, 6.45) is 0. The molecule has 0 fully saturated rings. The first-order valence-electron chi connectivity index (χ1n) is 7.04. The van der Waals surface area contributed by atoms with E-state index < -0.39 is 9.84 Å². The lowest BCUT2D eigenvalue weighted by Gasteiger charge is -2.05. The van der Waals surface area contributed by atoms with Crippen molar-refractivity contribution in [3.63, 3.8) is 0 Å². The predicted molar refractivity (Wildman–Crippen MR) is 89.9 cm³/mol. The Morgan fingerprint density at radius 3 is 2.52 bits per heavy atom. The van der Waals surface area contributed by atoms with E-state index in [1.807, 2.05) is 48.9 Å². The molecule has 0 aliphatic rings. The molecule has 0 unspecified atom stereocenters. The molecule has 2 aromatic heterocycles. The highest BCUT2D eigenvalue weighted by atomic mass is 32.2. The third-order valence-corrected chi connectivity index (χ3v) is 5.41. The van der Waals surface area contributed by atoms with Gasteiger partial charge in [-0.05, 0) is 30.9 Å². The number of aromatic nitrogens is 2. The SMILES string of the molecule is Cc1cc(C)cc(CS(=O)(=O)Cc2noc(-c3ccsc3)n2)c1. The maximum absolute atomic E-state index is 12.4. The first-order valence-corrected chi connectivity index (χ1v) is 9.80. The second-order valence-electron chi connectivity index (χ2n) is 5.56. The van der Waals surface area contributed by atoms with Crippen LogP contribution in [0, 0.1) is 13.8 Å². The smallest absolute Gasteiger partial charge is 0.258 e. The minimum absolute atomic E-state index is 0.0299. The van der Waals surface area contributed by atoms with Crippen molar-refractivity contribution in [1.29, 1.82) is 0 Å². The Labute approximate surface area is 138 Å². The van der Waals surface area contributed by atoms with Crippen LogP contribution in [-0.2, 0) is 21.3 Å². The zero-order valence-electron chi connectivity index (χ0n) is 12.8. The van der Waals surface area contributed by atoms with Gasteiger partial charge in [0, 0.05) is 5.38 Å². The van der Waals surface area contributed by atoms with E-state index in [4.69, 9.17) is 4.52 Å². The van der Waals surface area contributed by atoms with Crippen molar-refractivity contribution >= 4 is 21.2 Å². The van der Waals surface area contributed by atoms with E-state index >= 15 is 0 Å². The van der Waals surface area contributed by atoms with Gasteiger partial charge in [0.2, 0.25) is 0 Å². The maximum Gasteiger partial charge on any atom is 0.258 e. The molecule has 3 rings (SSSR count). The molecule has 7 heteroatoms. The van der Waals surface area contributed by atoms with Crippen LogP contribution in [0.2, 0.25) is 0 Å². The minimum Gasteiger partial charge on any atom is -0.334 e. The van der Waals surface area contributed by atoms with Crippen LogP contribution in [0.3, 0.4) is 0 Å². The molecule has 0 aliphatic carbocycles. The van der Waals surface area contributed by atoms with Crippen molar-refractivity contribution < 1.29 is 12.9 Å². The fourth-order valence-electron chi connectivity index (χ4n) is 2.47. The van der Waals surface area contributed by atoms with Crippen molar-refractivity contribution in [3.05, 3.63) is 57.5 Å². The number of rotatable bonds is 5. The van der Waals surface area contributed by atoms with Gasteiger partial charge >= 0.3 is 0 Å². The first kappa shape index (κ1) is 15.9. The summed E-state index contributed by atoms with van der Waals surface area (Å²) in [5.74, 6) is 0.282. The van der Waals surface area contributed by atoms with Gasteiger partial charge in [0.05, 0.1) is 11.3 Å². The van der Waals surface area contributed by atoms with Gasteiger partial charge in [-0.2, -0.15) is 16.3 Å². The number of hydrogen-bond donors (Lipinski definition) is 0. The molecule has 0 N–H and O–H groups in total. The molecule has 5 nitrogen and oxygen atoms in total. The molecule has 0 aliphatic heterocycles. The number of thiophene rings is 1. The Kier molecular flexibility index (Phi) is 4.32. The summed E-state index contributed by atoms with van der Waals surface area (Å²) < 4.78 is 29.9. The van der Waals surface area contributed by atoms with Gasteiger partial charge in [0.25, 0.3) is 5.89 Å². The normalized spacial score (nSPS) is 11.7. The van der Waals surface area contributed by atoms with Crippen LogP contribution in [0.4, 0.5) is 0 Å². The molecule has 0 saturated heterocycles. The van der Waals surface area contributed by atoms with Crippen molar-refractivity contribution in [1.82, 2.24) is 10.1 Å².